The Morgan fingerprint density at radius 2 is 1.91 bits per heavy atom. The molecule has 0 aromatic carbocycles. The number of hydrogen-bond donors (Lipinski definition) is 0. The van der Waals surface area contributed by atoms with Crippen molar-refractivity contribution in [2.24, 2.45) is 0 Å². The predicted molar refractivity (Wildman–Crippen MR) is 95.8 cm³/mol. The highest BCUT2D eigenvalue weighted by atomic mass is 32.2. The van der Waals surface area contributed by atoms with Gasteiger partial charge in [-0.05, 0) is 26.7 Å². The third kappa shape index (κ3) is 5.59. The molecule has 1 aromatic rings. The zero-order chi connectivity index (χ0) is 15.9. The van der Waals surface area contributed by atoms with Crippen molar-refractivity contribution in [1.82, 2.24) is 15.1 Å². The van der Waals surface area contributed by atoms with Gasteiger partial charge in [0.1, 0.15) is 0 Å². The third-order valence-electron chi connectivity index (χ3n) is 3.37. The lowest BCUT2D eigenvalue weighted by molar-refractivity contribution is -0.130. The summed E-state index contributed by atoms with van der Waals surface area (Å²) >= 11 is 4.74. The molecule has 1 aromatic heterocycles. The molecule has 7 heteroatoms. The van der Waals surface area contributed by atoms with E-state index >= 15 is 0 Å². The van der Waals surface area contributed by atoms with E-state index in [9.17, 15) is 4.79 Å². The summed E-state index contributed by atoms with van der Waals surface area (Å²) in [5.41, 5.74) is 1.12. The molecular formula is C15H23N3OS3. The van der Waals surface area contributed by atoms with E-state index in [0.29, 0.717) is 0 Å². The smallest absolute Gasteiger partial charge is 0.235 e. The van der Waals surface area contributed by atoms with Crippen LogP contribution in [-0.4, -0.2) is 45.1 Å². The lowest BCUT2D eigenvalue weighted by atomic mass is 10.2. The first-order chi connectivity index (χ1) is 10.6. The van der Waals surface area contributed by atoms with Gasteiger partial charge in [-0.15, -0.1) is 10.2 Å². The Morgan fingerprint density at radius 1 is 1.27 bits per heavy atom. The van der Waals surface area contributed by atoms with Crippen LogP contribution in [0.15, 0.2) is 20.8 Å². The summed E-state index contributed by atoms with van der Waals surface area (Å²) in [6.07, 6.45) is 4.74. The number of hydrogen-bond acceptors (Lipinski definition) is 6. The lowest BCUT2D eigenvalue weighted by Gasteiger charge is -2.23. The Bertz CT molecular complexity index is 510. The molecule has 1 aliphatic rings. The monoisotopic (exact) mass is 357 g/mol. The fraction of sp³-hybridized carbons (Fsp3) is 0.667. The van der Waals surface area contributed by atoms with E-state index in [1.165, 1.54) is 24.6 Å². The van der Waals surface area contributed by atoms with E-state index < -0.39 is 0 Å². The molecule has 0 unspecified atom stereocenters. The SMILES string of the molecule is C=C(C)CSc1nnc(S[C@@H](C)C(=O)N2CCCCCC2)s1. The largest absolute Gasteiger partial charge is 0.342 e. The molecule has 0 radical (unpaired) electrons. The van der Waals surface area contributed by atoms with Crippen LogP contribution in [0, 0.1) is 0 Å². The average molecular weight is 358 g/mol. The van der Waals surface area contributed by atoms with Crippen molar-refractivity contribution < 1.29 is 4.79 Å². The zero-order valence-corrected chi connectivity index (χ0v) is 15.7. The number of likely N-dealkylation sites (tertiary alicyclic amines) is 1. The molecule has 2 rings (SSSR count). The summed E-state index contributed by atoms with van der Waals surface area (Å²) in [4.78, 5) is 14.5. The van der Waals surface area contributed by atoms with Crippen LogP contribution in [0.1, 0.15) is 39.5 Å². The number of rotatable bonds is 6. The number of thioether (sulfide) groups is 2. The fourth-order valence-electron chi connectivity index (χ4n) is 2.24. The molecule has 0 spiro atoms. The van der Waals surface area contributed by atoms with Gasteiger partial charge < -0.3 is 4.90 Å². The molecule has 1 amide bonds. The molecule has 0 saturated carbocycles. The van der Waals surface area contributed by atoms with Gasteiger partial charge in [-0.3, -0.25) is 4.79 Å². The van der Waals surface area contributed by atoms with Gasteiger partial charge in [0.15, 0.2) is 8.68 Å². The van der Waals surface area contributed by atoms with Crippen LogP contribution < -0.4 is 0 Å². The second kappa shape index (κ2) is 8.93. The van der Waals surface area contributed by atoms with Crippen LogP contribution >= 0.6 is 34.9 Å². The summed E-state index contributed by atoms with van der Waals surface area (Å²) < 4.78 is 1.82. The molecule has 0 N–H and O–H groups in total. The van der Waals surface area contributed by atoms with Crippen molar-refractivity contribution in [3.63, 3.8) is 0 Å². The van der Waals surface area contributed by atoms with Gasteiger partial charge in [-0.25, -0.2) is 0 Å². The quantitative estimate of drug-likeness (QED) is 0.567. The van der Waals surface area contributed by atoms with Gasteiger partial charge in [0.05, 0.1) is 5.25 Å². The van der Waals surface area contributed by atoms with Crippen molar-refractivity contribution in [2.75, 3.05) is 18.8 Å². The maximum absolute atomic E-state index is 12.5. The summed E-state index contributed by atoms with van der Waals surface area (Å²) in [5, 5.41) is 8.27. The summed E-state index contributed by atoms with van der Waals surface area (Å²) in [6.45, 7) is 9.67. The molecule has 0 aliphatic carbocycles. The van der Waals surface area contributed by atoms with Crippen molar-refractivity contribution >= 4 is 40.8 Å². The van der Waals surface area contributed by atoms with Gasteiger partial charge in [0.2, 0.25) is 5.91 Å². The minimum Gasteiger partial charge on any atom is -0.342 e. The van der Waals surface area contributed by atoms with E-state index in [1.807, 2.05) is 18.7 Å². The molecule has 4 nitrogen and oxygen atoms in total. The van der Waals surface area contributed by atoms with Crippen molar-refractivity contribution in [3.05, 3.63) is 12.2 Å². The second-order valence-corrected chi connectivity index (χ2v) is 9.37. The highest BCUT2D eigenvalue weighted by Gasteiger charge is 2.23. The van der Waals surface area contributed by atoms with Crippen LogP contribution in [0.5, 0.6) is 0 Å². The minimum atomic E-state index is -0.0926. The fourth-order valence-corrected chi connectivity index (χ4v) is 5.33. The van der Waals surface area contributed by atoms with Crippen LogP contribution in [0.4, 0.5) is 0 Å². The van der Waals surface area contributed by atoms with Gasteiger partial charge in [0.25, 0.3) is 0 Å². The number of aromatic nitrogens is 2. The number of amides is 1. The van der Waals surface area contributed by atoms with Crippen molar-refractivity contribution in [2.45, 2.75) is 53.5 Å². The predicted octanol–water partition coefficient (Wildman–Crippen LogP) is 4.09. The van der Waals surface area contributed by atoms with Gasteiger partial charge in [0, 0.05) is 18.8 Å². The van der Waals surface area contributed by atoms with Gasteiger partial charge in [-0.1, -0.05) is 59.9 Å². The summed E-state index contributed by atoms with van der Waals surface area (Å²) in [7, 11) is 0. The van der Waals surface area contributed by atoms with Crippen LogP contribution in [0.3, 0.4) is 0 Å². The Morgan fingerprint density at radius 3 is 2.55 bits per heavy atom. The first kappa shape index (κ1) is 17.8. The summed E-state index contributed by atoms with van der Waals surface area (Å²) in [6, 6.07) is 0. The first-order valence-electron chi connectivity index (χ1n) is 7.62. The lowest BCUT2D eigenvalue weighted by Crippen LogP contribution is -2.37. The topological polar surface area (TPSA) is 46.1 Å². The highest BCUT2D eigenvalue weighted by Crippen LogP contribution is 2.32. The zero-order valence-electron chi connectivity index (χ0n) is 13.2. The van der Waals surface area contributed by atoms with Crippen LogP contribution in [-0.2, 0) is 4.79 Å². The van der Waals surface area contributed by atoms with E-state index in [-0.39, 0.29) is 11.2 Å². The average Bonchev–Trinajstić information content (AvgIpc) is 2.75. The Hall–Kier alpha value is -0.530. The molecule has 1 atom stereocenters. The van der Waals surface area contributed by atoms with E-state index in [2.05, 4.69) is 16.8 Å². The molecule has 1 fully saturated rings. The van der Waals surface area contributed by atoms with E-state index in [4.69, 9.17) is 0 Å². The Balaban J connectivity index is 1.86. The van der Waals surface area contributed by atoms with Crippen LogP contribution in [0.2, 0.25) is 0 Å². The third-order valence-corrected chi connectivity index (χ3v) is 6.83. The van der Waals surface area contributed by atoms with Gasteiger partial charge >= 0.3 is 0 Å². The van der Waals surface area contributed by atoms with Crippen molar-refractivity contribution in [1.29, 1.82) is 0 Å². The minimum absolute atomic E-state index is 0.0926. The normalized spacial score (nSPS) is 17.1. The highest BCUT2D eigenvalue weighted by molar-refractivity contribution is 8.04. The molecule has 2 heterocycles. The Labute approximate surface area is 145 Å². The summed E-state index contributed by atoms with van der Waals surface area (Å²) in [5.74, 6) is 1.10. The number of nitrogens with zero attached hydrogens (tertiary/aromatic N) is 3. The maximum Gasteiger partial charge on any atom is 0.235 e. The van der Waals surface area contributed by atoms with Crippen LogP contribution in [0.25, 0.3) is 0 Å². The molecule has 122 valence electrons. The van der Waals surface area contributed by atoms with Crippen molar-refractivity contribution in [3.8, 4) is 0 Å². The van der Waals surface area contributed by atoms with Gasteiger partial charge in [-0.2, -0.15) is 0 Å². The molecular weight excluding hydrogens is 334 g/mol. The maximum atomic E-state index is 12.5. The Kier molecular flexibility index (Phi) is 7.24. The molecule has 1 aliphatic heterocycles. The molecule has 1 saturated heterocycles. The van der Waals surface area contributed by atoms with E-state index in [1.54, 1.807) is 23.1 Å². The standard InChI is InChI=1S/C15H23N3OS3/c1-11(2)10-20-14-16-17-15(22-14)21-12(3)13(19)18-8-6-4-5-7-9-18/h12H,1,4-10H2,2-3H3/t12-/m0/s1. The molecule has 22 heavy (non-hydrogen) atoms. The second-order valence-electron chi connectivity index (χ2n) is 5.58. The number of carbonyl (C=O) groups is 1. The number of carbonyl (C=O) groups excluding carboxylic acids is 1. The van der Waals surface area contributed by atoms with E-state index in [0.717, 1.165) is 45.9 Å². The first-order valence-corrected chi connectivity index (χ1v) is 10.3. The molecule has 0 bridgehead atoms.